The summed E-state index contributed by atoms with van der Waals surface area (Å²) in [6.45, 7) is 8.06. The van der Waals surface area contributed by atoms with Gasteiger partial charge in [-0.05, 0) is 85.4 Å². The molecule has 3 saturated carbocycles. The van der Waals surface area contributed by atoms with Gasteiger partial charge in [-0.25, -0.2) is 0 Å². The largest absolute Gasteiger partial charge is 0.353 e. The van der Waals surface area contributed by atoms with E-state index in [1.807, 2.05) is 0 Å². The van der Waals surface area contributed by atoms with Crippen LogP contribution in [-0.2, 0) is 9.59 Å². The van der Waals surface area contributed by atoms with E-state index in [9.17, 15) is 9.59 Å². The van der Waals surface area contributed by atoms with Crippen LogP contribution in [0.2, 0.25) is 0 Å². The fourth-order valence-corrected chi connectivity index (χ4v) is 8.77. The predicted octanol–water partition coefficient (Wildman–Crippen LogP) is 4.89. The van der Waals surface area contributed by atoms with Crippen LogP contribution in [-0.4, -0.2) is 65.8 Å². The van der Waals surface area contributed by atoms with Gasteiger partial charge in [0.15, 0.2) is 0 Å². The zero-order valence-corrected chi connectivity index (χ0v) is 22.4. The van der Waals surface area contributed by atoms with Crippen LogP contribution in [0.5, 0.6) is 0 Å². The summed E-state index contributed by atoms with van der Waals surface area (Å²) in [5, 5.41) is 1.27. The van der Waals surface area contributed by atoms with E-state index in [2.05, 4.69) is 41.0 Å². The zero-order valence-electron chi connectivity index (χ0n) is 21.6. The molecule has 0 radical (unpaired) electrons. The van der Waals surface area contributed by atoms with E-state index in [1.54, 1.807) is 16.4 Å². The molecule has 2 unspecified atom stereocenters. The number of rotatable bonds is 7. The predicted molar refractivity (Wildman–Crippen MR) is 145 cm³/mol. The Morgan fingerprint density at radius 3 is 2.56 bits per heavy atom. The number of hydrogen-bond donors (Lipinski definition) is 0. The van der Waals surface area contributed by atoms with Crippen molar-refractivity contribution in [1.82, 2.24) is 14.2 Å². The molecule has 6 nitrogen and oxygen atoms in total. The molecule has 1 aliphatic heterocycles. The van der Waals surface area contributed by atoms with Crippen LogP contribution in [0.15, 0.2) is 24.3 Å². The summed E-state index contributed by atoms with van der Waals surface area (Å²) >= 11 is 1.59. The standard InChI is InChI=1S/C29H40N4O2S/c1-20-21-10-11-22(16-21)27(20)29(35)33(19-34)18-24-7-3-2-6-23(24)17-31-12-14-32(15-13-31)28-25-8-4-5-9-26(25)36-30-28/h4-5,8-9,19-24,27H,2-3,6-7,10-18H2,1H3/t20-,21?,22?,23+,24-,27-/m0/s1. The fraction of sp³-hybridized carbons (Fsp3) is 0.690. The number of fused-ring (bicyclic) bond motifs is 3. The maximum Gasteiger partial charge on any atom is 0.232 e. The second-order valence-corrected chi connectivity index (χ2v) is 12.7. The second kappa shape index (κ2) is 10.4. The molecular formula is C29H40N4O2S. The van der Waals surface area contributed by atoms with E-state index >= 15 is 0 Å². The van der Waals surface area contributed by atoms with E-state index in [1.165, 1.54) is 48.6 Å². The number of aromatic nitrogens is 1. The van der Waals surface area contributed by atoms with Crippen molar-refractivity contribution in [3.63, 3.8) is 0 Å². The highest BCUT2D eigenvalue weighted by molar-refractivity contribution is 7.13. The average molecular weight is 509 g/mol. The summed E-state index contributed by atoms with van der Waals surface area (Å²) in [5.74, 6) is 3.98. The summed E-state index contributed by atoms with van der Waals surface area (Å²) in [4.78, 5) is 32.2. The summed E-state index contributed by atoms with van der Waals surface area (Å²) in [6, 6.07) is 8.53. The van der Waals surface area contributed by atoms with Crippen LogP contribution < -0.4 is 4.90 Å². The van der Waals surface area contributed by atoms with Crippen molar-refractivity contribution in [1.29, 1.82) is 0 Å². The lowest BCUT2D eigenvalue weighted by molar-refractivity contribution is -0.145. The normalized spacial score (nSPS) is 32.8. The third-order valence-electron chi connectivity index (χ3n) is 10.0. The maximum atomic E-state index is 13.5. The third kappa shape index (κ3) is 4.58. The molecule has 4 aliphatic rings. The van der Waals surface area contributed by atoms with Gasteiger partial charge in [-0.1, -0.05) is 31.9 Å². The van der Waals surface area contributed by atoms with Crippen molar-refractivity contribution >= 4 is 39.8 Å². The van der Waals surface area contributed by atoms with Gasteiger partial charge in [0.2, 0.25) is 12.3 Å². The smallest absolute Gasteiger partial charge is 0.232 e. The van der Waals surface area contributed by atoms with E-state index in [0.29, 0.717) is 36.1 Å². The van der Waals surface area contributed by atoms with Gasteiger partial charge in [-0.2, -0.15) is 4.37 Å². The minimum atomic E-state index is 0.0749. The van der Waals surface area contributed by atoms with Crippen molar-refractivity contribution in [3.05, 3.63) is 24.3 Å². The Morgan fingerprint density at radius 2 is 1.81 bits per heavy atom. The van der Waals surface area contributed by atoms with Crippen molar-refractivity contribution in [2.45, 2.75) is 51.9 Å². The number of piperazine rings is 1. The van der Waals surface area contributed by atoms with Crippen LogP contribution in [0.1, 0.15) is 51.9 Å². The Bertz CT molecular complexity index is 1080. The molecule has 0 N–H and O–H groups in total. The topological polar surface area (TPSA) is 56.8 Å². The molecule has 7 heteroatoms. The summed E-state index contributed by atoms with van der Waals surface area (Å²) in [7, 11) is 0. The molecule has 194 valence electrons. The van der Waals surface area contributed by atoms with Crippen molar-refractivity contribution in [3.8, 4) is 0 Å². The molecule has 1 aromatic carbocycles. The van der Waals surface area contributed by atoms with Gasteiger partial charge in [-0.15, -0.1) is 0 Å². The quantitative estimate of drug-likeness (QED) is 0.499. The molecule has 1 aromatic heterocycles. The first kappa shape index (κ1) is 24.4. The molecule has 2 aromatic rings. The maximum absolute atomic E-state index is 13.5. The van der Waals surface area contributed by atoms with E-state index in [-0.39, 0.29) is 11.8 Å². The molecule has 4 fully saturated rings. The van der Waals surface area contributed by atoms with Gasteiger partial charge < -0.3 is 4.90 Å². The molecular weight excluding hydrogens is 468 g/mol. The molecule has 36 heavy (non-hydrogen) atoms. The van der Waals surface area contributed by atoms with Gasteiger partial charge in [0, 0.05) is 50.6 Å². The summed E-state index contributed by atoms with van der Waals surface area (Å²) in [5.41, 5.74) is 0. The van der Waals surface area contributed by atoms with E-state index < -0.39 is 0 Å². The van der Waals surface area contributed by atoms with E-state index in [4.69, 9.17) is 4.37 Å². The Kier molecular flexibility index (Phi) is 7.04. The van der Waals surface area contributed by atoms with Crippen LogP contribution in [0.25, 0.3) is 10.1 Å². The first-order chi connectivity index (χ1) is 17.6. The summed E-state index contributed by atoms with van der Waals surface area (Å²) < 4.78 is 6.02. The van der Waals surface area contributed by atoms with Gasteiger partial charge >= 0.3 is 0 Å². The van der Waals surface area contributed by atoms with Gasteiger partial charge in [-0.3, -0.25) is 19.4 Å². The molecule has 6 atom stereocenters. The number of anilines is 1. The minimum absolute atomic E-state index is 0.0749. The molecule has 0 spiro atoms. The molecule has 3 aliphatic carbocycles. The number of nitrogens with zero attached hydrogens (tertiary/aromatic N) is 4. The second-order valence-electron chi connectivity index (χ2n) is 11.9. The Labute approximate surface area is 219 Å². The van der Waals surface area contributed by atoms with Crippen LogP contribution >= 0.6 is 11.5 Å². The lowest BCUT2D eigenvalue weighted by atomic mass is 9.77. The number of carbonyl (C=O) groups excluding carboxylic acids is 2. The highest BCUT2D eigenvalue weighted by atomic mass is 32.1. The lowest BCUT2D eigenvalue weighted by Gasteiger charge is -2.41. The molecule has 2 heterocycles. The van der Waals surface area contributed by atoms with Crippen LogP contribution in [0, 0.1) is 35.5 Å². The van der Waals surface area contributed by atoms with Gasteiger partial charge in [0.05, 0.1) is 4.70 Å². The first-order valence-corrected chi connectivity index (χ1v) is 15.0. The Morgan fingerprint density at radius 1 is 1.06 bits per heavy atom. The molecule has 6 rings (SSSR count). The number of amides is 2. The highest BCUT2D eigenvalue weighted by Crippen LogP contribution is 2.52. The molecule has 2 amide bonds. The van der Waals surface area contributed by atoms with Crippen molar-refractivity contribution in [2.75, 3.05) is 44.2 Å². The zero-order chi connectivity index (χ0) is 24.6. The average Bonchev–Trinajstić information content (AvgIpc) is 3.63. The Hall–Kier alpha value is -1.99. The van der Waals surface area contributed by atoms with Crippen molar-refractivity contribution in [2.24, 2.45) is 35.5 Å². The van der Waals surface area contributed by atoms with Crippen LogP contribution in [0.3, 0.4) is 0 Å². The highest BCUT2D eigenvalue weighted by Gasteiger charge is 2.49. The van der Waals surface area contributed by atoms with Crippen LogP contribution in [0.4, 0.5) is 5.82 Å². The van der Waals surface area contributed by atoms with Gasteiger partial charge in [0.1, 0.15) is 5.82 Å². The number of hydrogen-bond acceptors (Lipinski definition) is 6. The van der Waals surface area contributed by atoms with E-state index in [0.717, 1.165) is 51.4 Å². The Balaban J connectivity index is 1.06. The molecule has 1 saturated heterocycles. The number of benzene rings is 1. The first-order valence-electron chi connectivity index (χ1n) is 14.2. The summed E-state index contributed by atoms with van der Waals surface area (Å²) in [6.07, 6.45) is 9.33. The van der Waals surface area contributed by atoms with Gasteiger partial charge in [0.25, 0.3) is 0 Å². The molecule has 2 bridgehead atoms. The third-order valence-corrected chi connectivity index (χ3v) is 10.9. The number of carbonyl (C=O) groups is 2. The van der Waals surface area contributed by atoms with Crippen molar-refractivity contribution < 1.29 is 9.59 Å². The SMILES string of the molecule is C[C@H]1C2CCC(C2)[C@H]1C(=O)N(C=O)C[C@@H]1CCCC[C@@H]1CN1CCN(c2nsc3ccccc23)CC1. The minimum Gasteiger partial charge on any atom is -0.353 e. The number of imide groups is 1. The monoisotopic (exact) mass is 508 g/mol. The lowest BCUT2D eigenvalue weighted by Crippen LogP contribution is -2.50. The fourth-order valence-electron chi connectivity index (χ4n) is 7.97.